The molecule has 0 unspecified atom stereocenters. The van der Waals surface area contributed by atoms with Crippen LogP contribution in [0.2, 0.25) is 0 Å². The van der Waals surface area contributed by atoms with Crippen LogP contribution in [0.4, 0.5) is 10.1 Å². The molecule has 1 fully saturated rings. The molecule has 1 aromatic heterocycles. The third-order valence-corrected chi connectivity index (χ3v) is 6.06. The molecular formula is C26H29FN4O3. The molecule has 0 spiro atoms. The molecule has 2 aromatic carbocycles. The van der Waals surface area contributed by atoms with Gasteiger partial charge in [-0.1, -0.05) is 42.0 Å². The van der Waals surface area contributed by atoms with Gasteiger partial charge in [-0.05, 0) is 36.8 Å². The van der Waals surface area contributed by atoms with Crippen molar-refractivity contribution in [3.05, 3.63) is 89.6 Å². The van der Waals surface area contributed by atoms with Crippen molar-refractivity contribution in [1.82, 2.24) is 15.5 Å². The number of nitrogens with one attached hydrogen (secondary N) is 2. The first-order valence-corrected chi connectivity index (χ1v) is 11.4. The molecule has 34 heavy (non-hydrogen) atoms. The maximum absolute atomic E-state index is 14.2. The molecule has 0 aliphatic carbocycles. The lowest BCUT2D eigenvalue weighted by Crippen LogP contribution is -2.51. The minimum absolute atomic E-state index is 0.226. The van der Waals surface area contributed by atoms with E-state index in [2.05, 4.69) is 15.5 Å². The first-order chi connectivity index (χ1) is 16.5. The Morgan fingerprint density at radius 2 is 1.65 bits per heavy atom. The first-order valence-electron chi connectivity index (χ1n) is 11.4. The molecule has 0 bridgehead atoms. The Labute approximate surface area is 198 Å². The first kappa shape index (κ1) is 23.5. The maximum atomic E-state index is 14.2. The molecule has 7 nitrogen and oxygen atoms in total. The summed E-state index contributed by atoms with van der Waals surface area (Å²) in [6.07, 6.45) is 1.59. The summed E-state index contributed by atoms with van der Waals surface area (Å²) in [4.78, 5) is 28.9. The van der Waals surface area contributed by atoms with Gasteiger partial charge in [-0.3, -0.25) is 14.5 Å². The SMILES string of the molecule is Cc1ccc(CNC(=O)C(=O)NC[C@@H](c2ccco2)N2CCN(c3ccccc3F)CC2)cc1. The van der Waals surface area contributed by atoms with E-state index in [-0.39, 0.29) is 24.9 Å². The lowest BCUT2D eigenvalue weighted by molar-refractivity contribution is -0.139. The van der Waals surface area contributed by atoms with Crippen LogP contribution in [0.1, 0.15) is 22.9 Å². The van der Waals surface area contributed by atoms with Crippen LogP contribution >= 0.6 is 0 Å². The van der Waals surface area contributed by atoms with Crippen molar-refractivity contribution in [2.24, 2.45) is 0 Å². The molecule has 3 aromatic rings. The minimum Gasteiger partial charge on any atom is -0.468 e. The Hall–Kier alpha value is -3.65. The number of nitrogens with zero attached hydrogens (tertiary/aromatic N) is 2. The number of carbonyl (C=O) groups is 2. The van der Waals surface area contributed by atoms with Crippen LogP contribution < -0.4 is 15.5 Å². The van der Waals surface area contributed by atoms with Gasteiger partial charge in [0, 0.05) is 39.3 Å². The van der Waals surface area contributed by atoms with Crippen LogP contribution in [0, 0.1) is 12.7 Å². The fourth-order valence-electron chi connectivity index (χ4n) is 4.11. The van der Waals surface area contributed by atoms with E-state index >= 15 is 0 Å². The number of piperazine rings is 1. The number of halogens is 1. The van der Waals surface area contributed by atoms with Gasteiger partial charge in [0.1, 0.15) is 11.6 Å². The Kier molecular flexibility index (Phi) is 7.59. The van der Waals surface area contributed by atoms with E-state index in [0.29, 0.717) is 37.6 Å². The summed E-state index contributed by atoms with van der Waals surface area (Å²) < 4.78 is 19.8. The quantitative estimate of drug-likeness (QED) is 0.526. The van der Waals surface area contributed by atoms with Crippen molar-refractivity contribution < 1.29 is 18.4 Å². The van der Waals surface area contributed by atoms with Crippen molar-refractivity contribution >= 4 is 17.5 Å². The Morgan fingerprint density at radius 3 is 2.32 bits per heavy atom. The number of para-hydroxylation sites is 1. The van der Waals surface area contributed by atoms with Crippen LogP contribution in [0.5, 0.6) is 0 Å². The van der Waals surface area contributed by atoms with Crippen LogP contribution in [-0.4, -0.2) is 49.4 Å². The zero-order chi connectivity index (χ0) is 23.9. The number of rotatable bonds is 7. The van der Waals surface area contributed by atoms with E-state index in [1.165, 1.54) is 6.07 Å². The summed E-state index contributed by atoms with van der Waals surface area (Å²) in [5, 5.41) is 5.39. The monoisotopic (exact) mass is 464 g/mol. The summed E-state index contributed by atoms with van der Waals surface area (Å²) in [7, 11) is 0. The number of hydrogen-bond donors (Lipinski definition) is 2. The van der Waals surface area contributed by atoms with Gasteiger partial charge < -0.3 is 20.0 Å². The molecule has 1 atom stereocenters. The van der Waals surface area contributed by atoms with Gasteiger partial charge in [0.05, 0.1) is 18.0 Å². The predicted molar refractivity (Wildman–Crippen MR) is 128 cm³/mol. The number of benzene rings is 2. The predicted octanol–water partition coefficient (Wildman–Crippen LogP) is 3.02. The molecule has 4 rings (SSSR count). The molecule has 0 saturated carbocycles. The van der Waals surface area contributed by atoms with E-state index in [0.717, 1.165) is 11.1 Å². The summed E-state index contributed by atoms with van der Waals surface area (Å²) >= 11 is 0. The fourth-order valence-corrected chi connectivity index (χ4v) is 4.11. The second-order valence-electron chi connectivity index (χ2n) is 8.38. The van der Waals surface area contributed by atoms with Crippen molar-refractivity contribution in [2.75, 3.05) is 37.6 Å². The Bertz CT molecular complexity index is 1090. The smallest absolute Gasteiger partial charge is 0.309 e. The fraction of sp³-hybridized carbons (Fsp3) is 0.308. The Balaban J connectivity index is 1.32. The number of aryl methyl sites for hydroxylation is 1. The number of hydrogen-bond acceptors (Lipinski definition) is 5. The van der Waals surface area contributed by atoms with E-state index in [1.54, 1.807) is 24.5 Å². The van der Waals surface area contributed by atoms with Gasteiger partial charge in [-0.2, -0.15) is 0 Å². The maximum Gasteiger partial charge on any atom is 0.309 e. The van der Waals surface area contributed by atoms with Crippen LogP contribution in [0.15, 0.2) is 71.3 Å². The second kappa shape index (κ2) is 11.0. The van der Waals surface area contributed by atoms with Crippen molar-refractivity contribution in [1.29, 1.82) is 0 Å². The van der Waals surface area contributed by atoms with E-state index in [9.17, 15) is 14.0 Å². The number of furan rings is 1. The van der Waals surface area contributed by atoms with Crippen LogP contribution in [-0.2, 0) is 16.1 Å². The molecule has 1 aliphatic heterocycles. The average Bonchev–Trinajstić information content (AvgIpc) is 3.39. The van der Waals surface area contributed by atoms with Gasteiger partial charge in [0.25, 0.3) is 0 Å². The van der Waals surface area contributed by atoms with E-state index < -0.39 is 11.8 Å². The summed E-state index contributed by atoms with van der Waals surface area (Å²) in [6, 6.07) is 17.9. The molecule has 1 aliphatic rings. The topological polar surface area (TPSA) is 77.8 Å². The Morgan fingerprint density at radius 1 is 0.941 bits per heavy atom. The average molecular weight is 465 g/mol. The molecule has 1 saturated heterocycles. The van der Waals surface area contributed by atoms with Gasteiger partial charge in [0.2, 0.25) is 0 Å². The molecule has 2 heterocycles. The molecule has 0 radical (unpaired) electrons. The lowest BCUT2D eigenvalue weighted by Gasteiger charge is -2.39. The largest absolute Gasteiger partial charge is 0.468 e. The molecule has 8 heteroatoms. The summed E-state index contributed by atoms with van der Waals surface area (Å²) in [5.74, 6) is -0.890. The van der Waals surface area contributed by atoms with Gasteiger partial charge >= 0.3 is 11.8 Å². The highest BCUT2D eigenvalue weighted by atomic mass is 19.1. The van der Waals surface area contributed by atoms with Crippen LogP contribution in [0.3, 0.4) is 0 Å². The summed E-state index contributed by atoms with van der Waals surface area (Å²) in [5.41, 5.74) is 2.65. The van der Waals surface area contributed by atoms with E-state index in [1.807, 2.05) is 48.2 Å². The summed E-state index contributed by atoms with van der Waals surface area (Å²) in [6.45, 7) is 5.11. The standard InChI is InChI=1S/C26H29FN4O3/c1-19-8-10-20(11-9-19)17-28-25(32)26(33)29-18-23(24-7-4-16-34-24)31-14-12-30(13-15-31)22-6-3-2-5-21(22)27/h2-11,16,23H,12-15,17-18H2,1H3,(H,28,32)(H,29,33)/t23-/m0/s1. The van der Waals surface area contributed by atoms with Crippen LogP contribution in [0.25, 0.3) is 0 Å². The zero-order valence-corrected chi connectivity index (χ0v) is 19.2. The van der Waals surface area contributed by atoms with Crippen molar-refractivity contribution in [3.8, 4) is 0 Å². The van der Waals surface area contributed by atoms with Gasteiger partial charge in [0.15, 0.2) is 0 Å². The molecular weight excluding hydrogens is 435 g/mol. The third-order valence-electron chi connectivity index (χ3n) is 6.06. The molecule has 178 valence electrons. The number of anilines is 1. The third kappa shape index (κ3) is 5.82. The normalized spacial score (nSPS) is 15.1. The minimum atomic E-state index is -0.686. The van der Waals surface area contributed by atoms with E-state index in [4.69, 9.17) is 4.42 Å². The number of amides is 2. The second-order valence-corrected chi connectivity index (χ2v) is 8.38. The molecule has 2 amide bonds. The zero-order valence-electron chi connectivity index (χ0n) is 19.2. The highest BCUT2D eigenvalue weighted by Gasteiger charge is 2.28. The highest BCUT2D eigenvalue weighted by molar-refractivity contribution is 6.35. The van der Waals surface area contributed by atoms with Crippen molar-refractivity contribution in [3.63, 3.8) is 0 Å². The van der Waals surface area contributed by atoms with Gasteiger partial charge in [-0.15, -0.1) is 0 Å². The highest BCUT2D eigenvalue weighted by Crippen LogP contribution is 2.25. The molecule has 2 N–H and O–H groups in total. The lowest BCUT2D eigenvalue weighted by atomic mass is 10.1. The van der Waals surface area contributed by atoms with Crippen molar-refractivity contribution in [2.45, 2.75) is 19.5 Å². The van der Waals surface area contributed by atoms with Gasteiger partial charge in [-0.25, -0.2) is 4.39 Å². The number of carbonyl (C=O) groups excluding carboxylic acids is 2.